The number of hydrogen-bond donors (Lipinski definition) is 1. The van der Waals surface area contributed by atoms with E-state index in [2.05, 4.69) is 6.07 Å². The maximum absolute atomic E-state index is 12.7. The maximum atomic E-state index is 12.7. The van der Waals surface area contributed by atoms with E-state index in [0.717, 1.165) is 17.7 Å². The first kappa shape index (κ1) is 17.2. The first-order valence-corrected chi connectivity index (χ1v) is 8.35. The number of aliphatic hydroxyl groups is 1. The molecular weight excluding hydrogens is 314 g/mol. The van der Waals surface area contributed by atoms with Crippen LogP contribution in [-0.2, 0) is 4.79 Å². The Morgan fingerprint density at radius 3 is 2.56 bits per heavy atom. The van der Waals surface area contributed by atoms with Gasteiger partial charge < -0.3 is 10.0 Å². The Morgan fingerprint density at radius 1 is 1.24 bits per heavy atom. The Morgan fingerprint density at radius 2 is 1.92 bits per heavy atom. The molecule has 128 valence electrons. The molecule has 1 saturated heterocycles. The third kappa shape index (κ3) is 3.71. The molecule has 5 heteroatoms. The zero-order valence-corrected chi connectivity index (χ0v) is 14.2. The second-order valence-corrected chi connectivity index (χ2v) is 6.32. The van der Waals surface area contributed by atoms with Gasteiger partial charge in [-0.05, 0) is 43.3 Å². The number of rotatable bonds is 5. The third-order valence-corrected chi connectivity index (χ3v) is 4.66. The predicted octanol–water partition coefficient (Wildman–Crippen LogP) is 2.33. The van der Waals surface area contributed by atoms with Crippen LogP contribution in [0.3, 0.4) is 0 Å². The van der Waals surface area contributed by atoms with E-state index in [4.69, 9.17) is 5.26 Å². The van der Waals surface area contributed by atoms with Gasteiger partial charge in [-0.1, -0.05) is 30.3 Å². The van der Waals surface area contributed by atoms with Gasteiger partial charge in [0.1, 0.15) is 0 Å². The highest BCUT2D eigenvalue weighted by Crippen LogP contribution is 2.25. The lowest BCUT2D eigenvalue weighted by Gasteiger charge is -2.26. The third-order valence-electron chi connectivity index (χ3n) is 4.66. The van der Waals surface area contributed by atoms with Crippen LogP contribution >= 0.6 is 0 Å². The molecule has 5 nitrogen and oxygen atoms in total. The summed E-state index contributed by atoms with van der Waals surface area (Å²) < 4.78 is 0. The van der Waals surface area contributed by atoms with Crippen molar-refractivity contribution in [2.45, 2.75) is 18.6 Å². The summed E-state index contributed by atoms with van der Waals surface area (Å²) in [5, 5.41) is 19.3. The van der Waals surface area contributed by atoms with E-state index in [9.17, 15) is 9.90 Å². The molecule has 1 amide bonds. The van der Waals surface area contributed by atoms with Crippen molar-refractivity contribution >= 4 is 11.6 Å². The zero-order valence-electron chi connectivity index (χ0n) is 14.2. The number of amides is 1. The summed E-state index contributed by atoms with van der Waals surface area (Å²) in [5.41, 5.74) is 2.22. The highest BCUT2D eigenvalue weighted by molar-refractivity contribution is 5.99. The number of carbonyl (C=O) groups excluding carboxylic acids is 1. The molecule has 25 heavy (non-hydrogen) atoms. The summed E-state index contributed by atoms with van der Waals surface area (Å²) >= 11 is 0. The molecule has 0 bridgehead atoms. The molecule has 2 aromatic rings. The van der Waals surface area contributed by atoms with Crippen LogP contribution in [0.15, 0.2) is 54.6 Å². The molecule has 0 aliphatic carbocycles. The van der Waals surface area contributed by atoms with Gasteiger partial charge in [-0.3, -0.25) is 9.69 Å². The average Bonchev–Trinajstić information content (AvgIpc) is 3.04. The van der Waals surface area contributed by atoms with Crippen molar-refractivity contribution in [2.75, 3.05) is 25.0 Å². The van der Waals surface area contributed by atoms with Crippen molar-refractivity contribution in [2.24, 2.45) is 0 Å². The number of benzene rings is 2. The number of aliphatic hydroxyl groups excluding tert-OH is 1. The Balaban J connectivity index is 1.64. The van der Waals surface area contributed by atoms with Crippen LogP contribution < -0.4 is 4.90 Å². The summed E-state index contributed by atoms with van der Waals surface area (Å²) in [7, 11) is 1.87. The topological polar surface area (TPSA) is 67.6 Å². The van der Waals surface area contributed by atoms with E-state index in [1.807, 2.05) is 42.3 Å². The van der Waals surface area contributed by atoms with E-state index in [1.54, 1.807) is 29.2 Å². The van der Waals surface area contributed by atoms with E-state index in [-0.39, 0.29) is 11.9 Å². The van der Waals surface area contributed by atoms with Gasteiger partial charge in [0.15, 0.2) is 0 Å². The largest absolute Gasteiger partial charge is 0.387 e. The van der Waals surface area contributed by atoms with Crippen molar-refractivity contribution in [1.29, 1.82) is 5.26 Å². The number of nitriles is 1. The van der Waals surface area contributed by atoms with Gasteiger partial charge in [0.25, 0.3) is 0 Å². The smallest absolute Gasteiger partial charge is 0.244 e. The lowest BCUT2D eigenvalue weighted by molar-refractivity contribution is -0.121. The van der Waals surface area contributed by atoms with Gasteiger partial charge in [-0.25, -0.2) is 0 Å². The quantitative estimate of drug-likeness (QED) is 0.911. The number of para-hydroxylation sites is 1. The molecule has 1 N–H and O–H groups in total. The van der Waals surface area contributed by atoms with Crippen LogP contribution in [0.25, 0.3) is 0 Å². The molecule has 0 saturated carbocycles. The molecule has 0 aromatic heterocycles. The summed E-state index contributed by atoms with van der Waals surface area (Å²) in [6.45, 7) is 1.05. The fourth-order valence-electron chi connectivity index (χ4n) is 3.22. The van der Waals surface area contributed by atoms with Crippen molar-refractivity contribution in [1.82, 2.24) is 4.90 Å². The minimum absolute atomic E-state index is 0.0701. The van der Waals surface area contributed by atoms with Gasteiger partial charge in [0.2, 0.25) is 5.91 Å². The van der Waals surface area contributed by atoms with Crippen LogP contribution in [0.5, 0.6) is 0 Å². The fourth-order valence-corrected chi connectivity index (χ4v) is 3.22. The first-order chi connectivity index (χ1) is 12.1. The van der Waals surface area contributed by atoms with Crippen LogP contribution in [-0.4, -0.2) is 42.1 Å². The zero-order chi connectivity index (χ0) is 17.8. The molecule has 2 atom stereocenters. The summed E-state index contributed by atoms with van der Waals surface area (Å²) in [6.07, 6.45) is 0.0425. The van der Waals surface area contributed by atoms with Crippen LogP contribution in [0.4, 0.5) is 5.69 Å². The van der Waals surface area contributed by atoms with Crippen molar-refractivity contribution < 1.29 is 9.90 Å². The molecule has 1 fully saturated rings. The predicted molar refractivity (Wildman–Crippen MR) is 95.9 cm³/mol. The van der Waals surface area contributed by atoms with Crippen molar-refractivity contribution in [3.8, 4) is 6.07 Å². The maximum Gasteiger partial charge on any atom is 0.244 e. The van der Waals surface area contributed by atoms with Crippen LogP contribution in [0.1, 0.15) is 23.7 Å². The SMILES string of the molecule is CN(C[C@H](O)c1ccc(C#N)cc1)[C@@H]1CCN(c2ccccc2)C1=O. The molecule has 1 heterocycles. The van der Waals surface area contributed by atoms with Gasteiger partial charge >= 0.3 is 0 Å². The molecule has 3 rings (SSSR count). The molecule has 2 aromatic carbocycles. The van der Waals surface area contributed by atoms with Crippen molar-refractivity contribution in [3.63, 3.8) is 0 Å². The molecule has 0 unspecified atom stereocenters. The first-order valence-electron chi connectivity index (χ1n) is 8.35. The van der Waals surface area contributed by atoms with E-state index < -0.39 is 6.10 Å². The lowest BCUT2D eigenvalue weighted by atomic mass is 10.1. The summed E-state index contributed by atoms with van der Waals surface area (Å²) in [4.78, 5) is 16.4. The second-order valence-electron chi connectivity index (χ2n) is 6.32. The molecule has 1 aliphatic rings. The molecule has 0 spiro atoms. The Labute approximate surface area is 147 Å². The van der Waals surface area contributed by atoms with Gasteiger partial charge in [0, 0.05) is 18.8 Å². The molecule has 1 aliphatic heterocycles. The number of carbonyl (C=O) groups is 1. The molecular formula is C20H21N3O2. The Hall–Kier alpha value is -2.68. The lowest BCUT2D eigenvalue weighted by Crippen LogP contribution is -2.41. The fraction of sp³-hybridized carbons (Fsp3) is 0.300. The van der Waals surface area contributed by atoms with Crippen molar-refractivity contribution in [3.05, 3.63) is 65.7 Å². The summed E-state index contributed by atoms with van der Waals surface area (Å²) in [5.74, 6) is 0.0701. The highest BCUT2D eigenvalue weighted by atomic mass is 16.3. The van der Waals surface area contributed by atoms with Gasteiger partial charge in [-0.2, -0.15) is 5.26 Å². The minimum Gasteiger partial charge on any atom is -0.387 e. The number of hydrogen-bond acceptors (Lipinski definition) is 4. The van der Waals surface area contributed by atoms with Crippen LogP contribution in [0.2, 0.25) is 0 Å². The normalized spacial score (nSPS) is 18.4. The standard InChI is InChI=1S/C20H21N3O2/c1-22(14-19(24)16-9-7-15(13-21)8-10-16)18-11-12-23(20(18)25)17-5-3-2-4-6-17/h2-10,18-19,24H,11-12,14H2,1H3/t18-,19+/m1/s1. The van der Waals surface area contributed by atoms with E-state index in [1.165, 1.54) is 0 Å². The minimum atomic E-state index is -0.698. The van der Waals surface area contributed by atoms with E-state index >= 15 is 0 Å². The number of likely N-dealkylation sites (N-methyl/N-ethyl adjacent to an activating group) is 1. The Bertz CT molecular complexity index is 768. The monoisotopic (exact) mass is 335 g/mol. The second kappa shape index (κ2) is 7.47. The van der Waals surface area contributed by atoms with E-state index in [0.29, 0.717) is 18.7 Å². The number of anilines is 1. The summed E-state index contributed by atoms with van der Waals surface area (Å²) in [6, 6.07) is 18.4. The average molecular weight is 335 g/mol. The molecule has 0 radical (unpaired) electrons. The van der Waals surface area contributed by atoms with Crippen LogP contribution in [0, 0.1) is 11.3 Å². The Kier molecular flexibility index (Phi) is 5.13. The van der Waals surface area contributed by atoms with Gasteiger partial charge in [-0.15, -0.1) is 0 Å². The highest BCUT2D eigenvalue weighted by Gasteiger charge is 2.35. The number of nitrogens with zero attached hydrogens (tertiary/aromatic N) is 3. The van der Waals surface area contributed by atoms with Gasteiger partial charge in [0.05, 0.1) is 23.8 Å².